The molecule has 0 fully saturated rings. The third kappa shape index (κ3) is 15.2. The average molecular weight is 808 g/mol. The first-order chi connectivity index (χ1) is 25.8. The molecule has 1 radical (unpaired) electrons. The predicted octanol–water partition coefficient (Wildman–Crippen LogP) is -4.24. The van der Waals surface area contributed by atoms with Crippen molar-refractivity contribution < 1.29 is 56.0 Å². The second-order valence-electron chi connectivity index (χ2n) is 12.2. The molecule has 2 aromatic carbocycles. The first kappa shape index (κ1) is 45.3. The minimum atomic E-state index is -1.41. The summed E-state index contributed by atoms with van der Waals surface area (Å²) >= 11 is 0. The number of benzene rings is 2. The van der Waals surface area contributed by atoms with Gasteiger partial charge in [0.15, 0.2) is 0 Å². The molecule has 4 amide bonds. The number of hydrogen-bond acceptors (Lipinski definition) is 12. The fraction of sp³-hybridized carbons (Fsp3) is 0.333. The molecule has 4 aromatic rings. The van der Waals surface area contributed by atoms with Crippen LogP contribution in [0, 0.1) is 0 Å². The number of aryl methyl sites for hydroxylation is 2. The number of nitrogens with one attached hydrogen (secondary N) is 4. The summed E-state index contributed by atoms with van der Waals surface area (Å²) in [5.41, 5.74) is 13.5. The molecule has 0 aliphatic carbocycles. The Labute approximate surface area is 327 Å². The van der Waals surface area contributed by atoms with E-state index < -0.39 is 59.7 Å². The Bertz CT molecular complexity index is 1720. The van der Waals surface area contributed by atoms with E-state index in [9.17, 15) is 39.0 Å². The standard InChI is InChI=1S/2C18H23N5O4.Cu/c2*1-23-11-20-10-13(23)8-14(21-16(24)9-19)17(25)22-15(18(26)27)7-12-5-3-2-4-6-12;/h2*2-6,10-11,14-15H,7-9,19H2,1H3,(H,21,24)(H,22,25)(H,26,27);/q;;+2/p-2/t2*14-,15-;/m00./s1. The third-order valence-corrected chi connectivity index (χ3v) is 8.10. The Morgan fingerprint density at radius 3 is 1.20 bits per heavy atom. The molecule has 18 nitrogen and oxygen atoms in total. The van der Waals surface area contributed by atoms with Crippen molar-refractivity contribution in [1.82, 2.24) is 40.4 Å². The van der Waals surface area contributed by atoms with Crippen LogP contribution in [0.4, 0.5) is 0 Å². The van der Waals surface area contributed by atoms with Gasteiger partial charge < -0.3 is 61.7 Å². The van der Waals surface area contributed by atoms with E-state index in [0.29, 0.717) is 11.4 Å². The zero-order chi connectivity index (χ0) is 39.6. The van der Waals surface area contributed by atoms with Gasteiger partial charge in [-0.3, -0.25) is 19.2 Å². The summed E-state index contributed by atoms with van der Waals surface area (Å²) in [6.07, 6.45) is 6.67. The van der Waals surface area contributed by atoms with E-state index in [-0.39, 0.29) is 55.8 Å². The number of carbonyl (C=O) groups is 6. The van der Waals surface area contributed by atoms with Gasteiger partial charge in [-0.15, -0.1) is 0 Å². The summed E-state index contributed by atoms with van der Waals surface area (Å²) in [7, 11) is 3.50. The number of aliphatic carboxylic acids is 2. The first-order valence-corrected chi connectivity index (χ1v) is 16.8. The van der Waals surface area contributed by atoms with Crippen LogP contribution in [-0.2, 0) is 85.6 Å². The van der Waals surface area contributed by atoms with E-state index in [0.717, 1.165) is 11.1 Å². The van der Waals surface area contributed by atoms with Gasteiger partial charge in [-0.05, 0) is 24.0 Å². The van der Waals surface area contributed by atoms with Crippen LogP contribution >= 0.6 is 0 Å². The van der Waals surface area contributed by atoms with E-state index in [1.165, 1.54) is 0 Å². The van der Waals surface area contributed by atoms with Gasteiger partial charge in [-0.2, -0.15) is 0 Å². The molecule has 0 unspecified atom stereocenters. The van der Waals surface area contributed by atoms with Gasteiger partial charge in [0.2, 0.25) is 23.6 Å². The summed E-state index contributed by atoms with van der Waals surface area (Å²) < 4.78 is 3.41. The van der Waals surface area contributed by atoms with Crippen molar-refractivity contribution in [3.05, 3.63) is 108 Å². The smallest absolute Gasteiger partial charge is 0.548 e. The van der Waals surface area contributed by atoms with E-state index in [4.69, 9.17) is 11.5 Å². The van der Waals surface area contributed by atoms with E-state index in [2.05, 4.69) is 31.2 Å². The normalized spacial score (nSPS) is 12.6. The Balaban J connectivity index is 0.000000373. The van der Waals surface area contributed by atoms with Gasteiger partial charge in [0.25, 0.3) is 0 Å². The van der Waals surface area contributed by atoms with Gasteiger partial charge in [0.1, 0.15) is 12.1 Å². The summed E-state index contributed by atoms with van der Waals surface area (Å²) in [6.45, 7) is -0.577. The molecule has 2 heterocycles. The van der Waals surface area contributed by atoms with Crippen molar-refractivity contribution in [2.24, 2.45) is 25.6 Å². The van der Waals surface area contributed by atoms with Crippen molar-refractivity contribution in [2.45, 2.75) is 49.9 Å². The number of carboxylic acids is 2. The number of hydrogen-bond donors (Lipinski definition) is 6. The molecule has 0 aliphatic rings. The van der Waals surface area contributed by atoms with Crippen molar-refractivity contribution >= 4 is 35.6 Å². The third-order valence-electron chi connectivity index (χ3n) is 8.10. The van der Waals surface area contributed by atoms with Gasteiger partial charge in [-0.25, -0.2) is 9.97 Å². The Hall–Kier alpha value is -5.88. The van der Waals surface area contributed by atoms with Gasteiger partial charge in [0.05, 0.1) is 49.8 Å². The number of imidazole rings is 2. The molecule has 19 heteroatoms. The van der Waals surface area contributed by atoms with E-state index >= 15 is 0 Å². The topological polar surface area (TPSA) is 284 Å². The molecule has 0 bridgehead atoms. The molecule has 8 N–H and O–H groups in total. The zero-order valence-corrected chi connectivity index (χ0v) is 31.1. The second-order valence-corrected chi connectivity index (χ2v) is 12.2. The van der Waals surface area contributed by atoms with E-state index in [1.807, 2.05) is 12.1 Å². The molecule has 0 saturated heterocycles. The number of nitrogens with zero attached hydrogens (tertiary/aromatic N) is 4. The van der Waals surface area contributed by atoms with Crippen LogP contribution in [0.1, 0.15) is 22.5 Å². The number of amides is 4. The number of carbonyl (C=O) groups excluding carboxylic acids is 6. The van der Waals surface area contributed by atoms with Crippen LogP contribution < -0.4 is 42.9 Å². The predicted molar refractivity (Wildman–Crippen MR) is 190 cm³/mol. The van der Waals surface area contributed by atoms with Gasteiger partial charge in [-0.1, -0.05) is 60.7 Å². The monoisotopic (exact) mass is 807 g/mol. The molecule has 0 saturated carbocycles. The van der Waals surface area contributed by atoms with Crippen LogP contribution in [0.15, 0.2) is 85.7 Å². The van der Waals surface area contributed by atoms with Crippen LogP contribution in [0.3, 0.4) is 0 Å². The minimum Gasteiger partial charge on any atom is -0.548 e. The fourth-order valence-electron chi connectivity index (χ4n) is 5.14. The Morgan fingerprint density at radius 2 is 0.927 bits per heavy atom. The molecule has 55 heavy (non-hydrogen) atoms. The van der Waals surface area contributed by atoms with Crippen LogP contribution in [0.5, 0.6) is 0 Å². The quantitative estimate of drug-likeness (QED) is 0.0522. The van der Waals surface area contributed by atoms with Crippen LogP contribution in [-0.4, -0.2) is 91.9 Å². The average Bonchev–Trinajstić information content (AvgIpc) is 3.77. The Morgan fingerprint density at radius 1 is 0.582 bits per heavy atom. The molecular formula is C36H44CuN10O8. The van der Waals surface area contributed by atoms with Crippen LogP contribution in [0.25, 0.3) is 0 Å². The number of carboxylic acid groups (broad SMARTS) is 2. The molecule has 0 aliphatic heterocycles. The second kappa shape index (κ2) is 23.0. The molecule has 0 spiro atoms. The van der Waals surface area contributed by atoms with E-state index in [1.54, 1.807) is 96.8 Å². The summed E-state index contributed by atoms with van der Waals surface area (Å²) in [6, 6.07) is 13.3. The maximum absolute atomic E-state index is 12.6. The molecule has 4 atom stereocenters. The van der Waals surface area contributed by atoms with Crippen molar-refractivity contribution in [1.29, 1.82) is 0 Å². The SMILES string of the molecule is Cn1cncc1C[C@H](NC(=O)CN)C(=O)N[C@@H](Cc1ccccc1)C(=O)[O-].Cn1cncc1C[C@H](NC(=O)CN)C(=O)N[C@@H](Cc1ccccc1)C(=O)[O-].[Cu+2]. The molecule has 297 valence electrons. The maximum atomic E-state index is 12.6. The largest absolute Gasteiger partial charge is 2.00 e. The van der Waals surface area contributed by atoms with Crippen molar-refractivity contribution in [2.75, 3.05) is 13.1 Å². The number of aromatic nitrogens is 4. The number of nitrogens with two attached hydrogens (primary N) is 2. The molecular weight excluding hydrogens is 764 g/mol. The first-order valence-electron chi connectivity index (χ1n) is 16.8. The Kier molecular flexibility index (Phi) is 19.0. The molecule has 2 aromatic heterocycles. The van der Waals surface area contributed by atoms with Crippen molar-refractivity contribution in [3.63, 3.8) is 0 Å². The fourth-order valence-corrected chi connectivity index (χ4v) is 5.14. The van der Waals surface area contributed by atoms with Gasteiger partial charge in [0, 0.05) is 50.7 Å². The molecule has 4 rings (SSSR count). The van der Waals surface area contributed by atoms with Crippen LogP contribution in [0.2, 0.25) is 0 Å². The summed E-state index contributed by atoms with van der Waals surface area (Å²) in [5.74, 6) is -5.13. The zero-order valence-electron chi connectivity index (χ0n) is 30.1. The minimum absolute atomic E-state index is 0. The maximum Gasteiger partial charge on any atom is 2.00 e. The van der Waals surface area contributed by atoms with Gasteiger partial charge >= 0.3 is 17.1 Å². The summed E-state index contributed by atoms with van der Waals surface area (Å²) in [5, 5.41) is 32.8. The summed E-state index contributed by atoms with van der Waals surface area (Å²) in [4.78, 5) is 79.5. The van der Waals surface area contributed by atoms with Crippen molar-refractivity contribution in [3.8, 4) is 0 Å². The number of rotatable bonds is 18.